The number of carbonyl (C=O) groups is 2. The lowest BCUT2D eigenvalue weighted by Crippen LogP contribution is -2.38. The molecule has 0 aliphatic rings. The van der Waals surface area contributed by atoms with Crippen LogP contribution in [0.25, 0.3) is 0 Å². The van der Waals surface area contributed by atoms with Crippen LogP contribution in [-0.4, -0.2) is 30.8 Å². The lowest BCUT2D eigenvalue weighted by atomic mass is 10.1. The predicted molar refractivity (Wildman–Crippen MR) is 69.1 cm³/mol. The van der Waals surface area contributed by atoms with E-state index in [1.54, 1.807) is 27.7 Å². The molecule has 0 aliphatic heterocycles. The molecule has 18 heavy (non-hydrogen) atoms. The minimum atomic E-state index is -0.574. The Hall–Kier alpha value is -1.78. The topological polar surface area (TPSA) is 64.6 Å². The molecule has 1 unspecified atom stereocenters. The van der Waals surface area contributed by atoms with E-state index in [9.17, 15) is 9.59 Å². The van der Waals surface area contributed by atoms with Crippen molar-refractivity contribution in [2.45, 2.75) is 39.3 Å². The van der Waals surface area contributed by atoms with Gasteiger partial charge in [0, 0.05) is 6.08 Å². The molecule has 0 fully saturated rings. The van der Waals surface area contributed by atoms with Crippen LogP contribution in [0, 0.1) is 0 Å². The van der Waals surface area contributed by atoms with Crippen LogP contribution in [0.2, 0.25) is 0 Å². The Kier molecular flexibility index (Phi) is 6.16. The molecule has 5 nitrogen and oxygen atoms in total. The first-order valence-electron chi connectivity index (χ1n) is 5.57. The van der Waals surface area contributed by atoms with Gasteiger partial charge in [0.2, 0.25) is 0 Å². The summed E-state index contributed by atoms with van der Waals surface area (Å²) >= 11 is 0. The van der Waals surface area contributed by atoms with E-state index in [1.165, 1.54) is 19.3 Å². The Labute approximate surface area is 108 Å². The van der Waals surface area contributed by atoms with E-state index in [2.05, 4.69) is 16.6 Å². The van der Waals surface area contributed by atoms with Crippen LogP contribution >= 0.6 is 0 Å². The van der Waals surface area contributed by atoms with E-state index in [4.69, 9.17) is 4.74 Å². The molecule has 102 valence electrons. The fourth-order valence-electron chi connectivity index (χ4n) is 1.01. The molecule has 0 bridgehead atoms. The minimum absolute atomic E-state index is 0.473. The van der Waals surface area contributed by atoms with Crippen molar-refractivity contribution in [3.63, 3.8) is 0 Å². The van der Waals surface area contributed by atoms with Gasteiger partial charge in [0.05, 0.1) is 13.2 Å². The van der Waals surface area contributed by atoms with Crippen LogP contribution in [0.5, 0.6) is 0 Å². The van der Waals surface area contributed by atoms with Gasteiger partial charge in [-0.2, -0.15) is 0 Å². The van der Waals surface area contributed by atoms with E-state index in [0.29, 0.717) is 5.57 Å². The number of hydrogen-bond acceptors (Lipinski definition) is 4. The molecule has 0 saturated carbocycles. The number of carbonyl (C=O) groups excluding carboxylic acids is 2. The molecule has 0 heterocycles. The van der Waals surface area contributed by atoms with Crippen molar-refractivity contribution in [2.24, 2.45) is 0 Å². The molecule has 5 heteroatoms. The Morgan fingerprint density at radius 3 is 2.28 bits per heavy atom. The van der Waals surface area contributed by atoms with Crippen molar-refractivity contribution in [1.29, 1.82) is 0 Å². The first kappa shape index (κ1) is 16.2. The molecule has 0 radical (unpaired) electrons. The average molecular weight is 255 g/mol. The number of nitrogens with one attached hydrogen (secondary N) is 1. The molecule has 1 N–H and O–H groups in total. The first-order valence-corrected chi connectivity index (χ1v) is 5.57. The number of alkyl carbamates (subject to hydrolysis) is 1. The Morgan fingerprint density at radius 2 is 1.89 bits per heavy atom. The van der Waals surface area contributed by atoms with E-state index in [-0.39, 0.29) is 0 Å². The van der Waals surface area contributed by atoms with Crippen LogP contribution in [0.15, 0.2) is 24.3 Å². The van der Waals surface area contributed by atoms with Gasteiger partial charge in [-0.15, -0.1) is 0 Å². The van der Waals surface area contributed by atoms with Crippen molar-refractivity contribution >= 4 is 12.1 Å². The molecular formula is C13H21NO4. The lowest BCUT2D eigenvalue weighted by molar-refractivity contribution is -0.134. The molecule has 0 aliphatic carbocycles. The molecule has 0 saturated heterocycles. The molecule has 1 atom stereocenters. The second-order valence-electron chi connectivity index (χ2n) is 4.85. The summed E-state index contributed by atoms with van der Waals surface area (Å²) in [6, 6.07) is -0.473. The summed E-state index contributed by atoms with van der Waals surface area (Å²) in [5.74, 6) is -0.493. The molecule has 0 aromatic rings. The van der Waals surface area contributed by atoms with Gasteiger partial charge in [-0.25, -0.2) is 9.59 Å². The van der Waals surface area contributed by atoms with Crippen molar-refractivity contribution in [3.05, 3.63) is 24.3 Å². The molecule has 0 aromatic carbocycles. The van der Waals surface area contributed by atoms with E-state index in [0.717, 1.165) is 0 Å². The summed E-state index contributed by atoms with van der Waals surface area (Å²) in [7, 11) is 1.28. The van der Waals surface area contributed by atoms with Crippen LogP contribution in [0.1, 0.15) is 27.7 Å². The van der Waals surface area contributed by atoms with Crippen LogP contribution < -0.4 is 5.32 Å². The third kappa shape index (κ3) is 7.49. The normalized spacial score (nSPS) is 12.9. The number of esters is 1. The summed E-state index contributed by atoms with van der Waals surface area (Å²) in [5, 5.41) is 2.60. The predicted octanol–water partition coefficient (Wildman–Crippen LogP) is 2.19. The van der Waals surface area contributed by atoms with Gasteiger partial charge >= 0.3 is 12.1 Å². The highest BCUT2D eigenvalue weighted by Gasteiger charge is 2.18. The standard InChI is InChI=1S/C13H21NO4/c1-9(2)10(7-8-11(15)17-6)14-12(16)18-13(3,4)5/h7-8,10H,1H2,2-6H3,(H,14,16). The minimum Gasteiger partial charge on any atom is -0.466 e. The zero-order valence-electron chi connectivity index (χ0n) is 11.6. The van der Waals surface area contributed by atoms with Crippen LogP contribution in [0.3, 0.4) is 0 Å². The highest BCUT2D eigenvalue weighted by molar-refractivity contribution is 5.82. The maximum atomic E-state index is 11.6. The van der Waals surface area contributed by atoms with E-state index < -0.39 is 23.7 Å². The summed E-state index contributed by atoms with van der Waals surface area (Å²) in [4.78, 5) is 22.5. The Balaban J connectivity index is 4.55. The van der Waals surface area contributed by atoms with E-state index >= 15 is 0 Å². The highest BCUT2D eigenvalue weighted by atomic mass is 16.6. The molecule has 0 rings (SSSR count). The Bertz CT molecular complexity index is 352. The van der Waals surface area contributed by atoms with Gasteiger partial charge in [-0.3, -0.25) is 0 Å². The number of amides is 1. The average Bonchev–Trinajstić information content (AvgIpc) is 2.20. The highest BCUT2D eigenvalue weighted by Crippen LogP contribution is 2.08. The monoisotopic (exact) mass is 255 g/mol. The number of methoxy groups -OCH3 is 1. The van der Waals surface area contributed by atoms with E-state index in [1.807, 2.05) is 0 Å². The van der Waals surface area contributed by atoms with Gasteiger partial charge < -0.3 is 14.8 Å². The summed E-state index contributed by atoms with van der Waals surface area (Å²) in [5.41, 5.74) is 0.108. The van der Waals surface area contributed by atoms with Crippen LogP contribution in [0.4, 0.5) is 4.79 Å². The van der Waals surface area contributed by atoms with Gasteiger partial charge in [0.15, 0.2) is 0 Å². The number of rotatable bonds is 4. The van der Waals surface area contributed by atoms with Crippen molar-refractivity contribution in [3.8, 4) is 0 Å². The maximum absolute atomic E-state index is 11.6. The van der Waals surface area contributed by atoms with Gasteiger partial charge in [0.25, 0.3) is 0 Å². The largest absolute Gasteiger partial charge is 0.466 e. The Morgan fingerprint density at radius 1 is 1.33 bits per heavy atom. The summed E-state index contributed by atoms with van der Waals surface area (Å²) < 4.78 is 9.58. The number of hydrogen-bond donors (Lipinski definition) is 1. The van der Waals surface area contributed by atoms with Crippen molar-refractivity contribution < 1.29 is 19.1 Å². The number of ether oxygens (including phenoxy) is 2. The molecule has 0 aromatic heterocycles. The summed E-state index contributed by atoms with van der Waals surface area (Å²) in [6.45, 7) is 10.8. The fraction of sp³-hybridized carbons (Fsp3) is 0.538. The van der Waals surface area contributed by atoms with Gasteiger partial charge in [0.1, 0.15) is 5.60 Å². The van der Waals surface area contributed by atoms with Crippen molar-refractivity contribution in [2.75, 3.05) is 7.11 Å². The SMILES string of the molecule is C=C(C)C(C=CC(=O)OC)NC(=O)OC(C)(C)C. The first-order chi connectivity index (χ1) is 8.15. The van der Waals surface area contributed by atoms with Gasteiger partial charge in [-0.05, 0) is 27.7 Å². The van der Waals surface area contributed by atoms with Crippen molar-refractivity contribution in [1.82, 2.24) is 5.32 Å². The van der Waals surface area contributed by atoms with Gasteiger partial charge in [-0.1, -0.05) is 18.2 Å². The maximum Gasteiger partial charge on any atom is 0.408 e. The third-order valence-corrected chi connectivity index (χ3v) is 1.83. The van der Waals surface area contributed by atoms with Crippen LogP contribution in [-0.2, 0) is 14.3 Å². The second-order valence-corrected chi connectivity index (χ2v) is 4.85. The molecule has 0 spiro atoms. The molecular weight excluding hydrogens is 234 g/mol. The zero-order chi connectivity index (χ0) is 14.3. The lowest BCUT2D eigenvalue weighted by Gasteiger charge is -2.22. The smallest absolute Gasteiger partial charge is 0.408 e. The quantitative estimate of drug-likeness (QED) is 0.475. The zero-order valence-corrected chi connectivity index (χ0v) is 11.6. The fourth-order valence-corrected chi connectivity index (χ4v) is 1.01. The molecule has 1 amide bonds. The third-order valence-electron chi connectivity index (χ3n) is 1.83. The second kappa shape index (κ2) is 6.83. The summed E-state index contributed by atoms with van der Waals surface area (Å²) in [6.07, 6.45) is 2.17.